The number of hydrogen-bond acceptors (Lipinski definition) is 2. The van der Waals surface area contributed by atoms with Crippen molar-refractivity contribution in [2.75, 3.05) is 20.6 Å². The second-order valence-corrected chi connectivity index (χ2v) is 6.28. The van der Waals surface area contributed by atoms with Crippen molar-refractivity contribution in [3.8, 4) is 0 Å². The highest BCUT2D eigenvalue weighted by atomic mass is 35.5. The summed E-state index contributed by atoms with van der Waals surface area (Å²) in [5.74, 6) is 0.359. The summed E-state index contributed by atoms with van der Waals surface area (Å²) in [6.45, 7) is 1.83. The summed E-state index contributed by atoms with van der Waals surface area (Å²) >= 11 is 12.8. The van der Waals surface area contributed by atoms with Crippen LogP contribution in [0.5, 0.6) is 0 Å². The van der Waals surface area contributed by atoms with Gasteiger partial charge in [0.2, 0.25) is 0 Å². The molecule has 0 spiro atoms. The summed E-state index contributed by atoms with van der Waals surface area (Å²) in [5.41, 5.74) is 1.14. The van der Waals surface area contributed by atoms with Crippen LogP contribution in [-0.4, -0.2) is 40.7 Å². The van der Waals surface area contributed by atoms with Gasteiger partial charge in [-0.3, -0.25) is 4.68 Å². The SMILES string of the molecule is CN(C)CCn1ncc(Cl)c1C1CCCCC1Cl. The quantitative estimate of drug-likeness (QED) is 0.793. The van der Waals surface area contributed by atoms with Crippen LogP contribution < -0.4 is 0 Å². The van der Waals surface area contributed by atoms with Gasteiger partial charge in [0.25, 0.3) is 0 Å². The fourth-order valence-electron chi connectivity index (χ4n) is 2.61. The molecule has 1 aliphatic carbocycles. The predicted molar refractivity (Wildman–Crippen MR) is 76.6 cm³/mol. The first-order valence-corrected chi connectivity index (χ1v) is 7.41. The van der Waals surface area contributed by atoms with Crippen LogP contribution in [0, 0.1) is 0 Å². The van der Waals surface area contributed by atoms with Crippen molar-refractivity contribution in [1.29, 1.82) is 0 Å². The Hall–Kier alpha value is -0.250. The topological polar surface area (TPSA) is 21.1 Å². The van der Waals surface area contributed by atoms with Crippen LogP contribution in [-0.2, 0) is 6.54 Å². The Morgan fingerprint density at radius 1 is 1.39 bits per heavy atom. The molecule has 2 atom stereocenters. The normalized spacial score (nSPS) is 24.7. The van der Waals surface area contributed by atoms with Crippen LogP contribution in [0.25, 0.3) is 0 Å². The highest BCUT2D eigenvalue weighted by Crippen LogP contribution is 2.39. The Labute approximate surface area is 119 Å². The van der Waals surface area contributed by atoms with Crippen molar-refractivity contribution in [3.05, 3.63) is 16.9 Å². The number of aromatic nitrogens is 2. The first-order valence-electron chi connectivity index (χ1n) is 6.59. The van der Waals surface area contributed by atoms with Crippen molar-refractivity contribution < 1.29 is 0 Å². The van der Waals surface area contributed by atoms with Gasteiger partial charge in [0, 0.05) is 17.8 Å². The average Bonchev–Trinajstić information content (AvgIpc) is 2.69. The van der Waals surface area contributed by atoms with Gasteiger partial charge in [0.05, 0.1) is 23.5 Å². The number of rotatable bonds is 4. The fourth-order valence-corrected chi connectivity index (χ4v) is 3.29. The first kappa shape index (κ1) is 14.2. The summed E-state index contributed by atoms with van der Waals surface area (Å²) in [7, 11) is 4.13. The molecule has 5 heteroatoms. The van der Waals surface area contributed by atoms with Crippen molar-refractivity contribution in [2.45, 2.75) is 43.5 Å². The average molecular weight is 290 g/mol. The molecule has 1 saturated carbocycles. The maximum atomic E-state index is 6.47. The molecule has 0 saturated heterocycles. The molecule has 102 valence electrons. The van der Waals surface area contributed by atoms with E-state index in [0.29, 0.717) is 5.92 Å². The third-order valence-corrected chi connectivity index (χ3v) is 4.44. The van der Waals surface area contributed by atoms with Gasteiger partial charge in [-0.1, -0.05) is 24.4 Å². The smallest absolute Gasteiger partial charge is 0.0821 e. The standard InChI is InChI=1S/C13H21Cl2N3/c1-17(2)7-8-18-13(12(15)9-16-18)10-5-3-4-6-11(10)14/h9-11H,3-8H2,1-2H3. The van der Waals surface area contributed by atoms with Crippen LogP contribution in [0.3, 0.4) is 0 Å². The van der Waals surface area contributed by atoms with Crippen LogP contribution in [0.4, 0.5) is 0 Å². The van der Waals surface area contributed by atoms with E-state index in [4.69, 9.17) is 23.2 Å². The number of alkyl halides is 1. The Morgan fingerprint density at radius 3 is 2.78 bits per heavy atom. The Kier molecular flexibility index (Phi) is 4.93. The van der Waals surface area contributed by atoms with Crippen LogP contribution in [0.2, 0.25) is 5.02 Å². The number of halogens is 2. The molecule has 0 bridgehead atoms. The maximum Gasteiger partial charge on any atom is 0.0821 e. The number of hydrogen-bond donors (Lipinski definition) is 0. The largest absolute Gasteiger partial charge is 0.308 e. The van der Waals surface area contributed by atoms with Gasteiger partial charge in [-0.25, -0.2) is 0 Å². The molecule has 2 unspecified atom stereocenters. The van der Waals surface area contributed by atoms with Gasteiger partial charge >= 0.3 is 0 Å². The molecular weight excluding hydrogens is 269 g/mol. The summed E-state index contributed by atoms with van der Waals surface area (Å²) in [6, 6.07) is 0. The van der Waals surface area contributed by atoms with E-state index in [1.54, 1.807) is 6.20 Å². The summed E-state index contributed by atoms with van der Waals surface area (Å²) in [5, 5.41) is 5.37. The summed E-state index contributed by atoms with van der Waals surface area (Å²) in [4.78, 5) is 2.15. The van der Waals surface area contributed by atoms with E-state index in [0.717, 1.165) is 36.6 Å². The lowest BCUT2D eigenvalue weighted by Gasteiger charge is -2.28. The molecule has 0 aromatic carbocycles. The lowest BCUT2D eigenvalue weighted by atomic mass is 9.86. The van der Waals surface area contributed by atoms with Gasteiger partial charge in [-0.05, 0) is 26.9 Å². The maximum absolute atomic E-state index is 6.47. The highest BCUT2D eigenvalue weighted by molar-refractivity contribution is 6.31. The van der Waals surface area contributed by atoms with E-state index in [-0.39, 0.29) is 5.38 Å². The molecule has 0 aliphatic heterocycles. The molecule has 0 N–H and O–H groups in total. The summed E-state index contributed by atoms with van der Waals surface area (Å²) in [6.07, 6.45) is 6.44. The molecule has 0 amide bonds. The van der Waals surface area contributed by atoms with E-state index in [1.165, 1.54) is 12.8 Å². The van der Waals surface area contributed by atoms with E-state index in [1.807, 2.05) is 4.68 Å². The van der Waals surface area contributed by atoms with Crippen LogP contribution in [0.1, 0.15) is 37.3 Å². The van der Waals surface area contributed by atoms with E-state index < -0.39 is 0 Å². The fraction of sp³-hybridized carbons (Fsp3) is 0.769. The van der Waals surface area contributed by atoms with E-state index in [2.05, 4.69) is 24.1 Å². The number of likely N-dealkylation sites (N-methyl/N-ethyl adjacent to an activating group) is 1. The Morgan fingerprint density at radius 2 is 2.11 bits per heavy atom. The zero-order valence-corrected chi connectivity index (χ0v) is 12.6. The summed E-state index contributed by atoms with van der Waals surface area (Å²) < 4.78 is 2.04. The van der Waals surface area contributed by atoms with Gasteiger partial charge in [-0.15, -0.1) is 11.6 Å². The molecule has 1 heterocycles. The predicted octanol–water partition coefficient (Wildman–Crippen LogP) is 3.36. The van der Waals surface area contributed by atoms with Gasteiger partial charge in [0.15, 0.2) is 0 Å². The van der Waals surface area contributed by atoms with Crippen molar-refractivity contribution >= 4 is 23.2 Å². The monoisotopic (exact) mass is 289 g/mol. The minimum atomic E-state index is 0.200. The van der Waals surface area contributed by atoms with Crippen molar-refractivity contribution in [2.24, 2.45) is 0 Å². The van der Waals surface area contributed by atoms with E-state index >= 15 is 0 Å². The zero-order chi connectivity index (χ0) is 13.1. The molecule has 1 aliphatic rings. The lowest BCUT2D eigenvalue weighted by Crippen LogP contribution is -2.25. The Bertz CT molecular complexity index is 390. The Balaban J connectivity index is 2.17. The molecular formula is C13H21Cl2N3. The molecule has 0 radical (unpaired) electrons. The lowest BCUT2D eigenvalue weighted by molar-refractivity contribution is 0.357. The zero-order valence-electron chi connectivity index (χ0n) is 11.1. The minimum absolute atomic E-state index is 0.200. The van der Waals surface area contributed by atoms with E-state index in [9.17, 15) is 0 Å². The molecule has 18 heavy (non-hydrogen) atoms. The van der Waals surface area contributed by atoms with Gasteiger partial charge in [-0.2, -0.15) is 5.10 Å². The molecule has 1 aromatic heterocycles. The van der Waals surface area contributed by atoms with Gasteiger partial charge < -0.3 is 4.90 Å². The van der Waals surface area contributed by atoms with Crippen LogP contribution in [0.15, 0.2) is 6.20 Å². The first-order chi connectivity index (χ1) is 8.59. The highest BCUT2D eigenvalue weighted by Gasteiger charge is 2.29. The molecule has 1 fully saturated rings. The molecule has 3 nitrogen and oxygen atoms in total. The molecule has 1 aromatic rings. The third kappa shape index (κ3) is 3.19. The second kappa shape index (κ2) is 6.27. The van der Waals surface area contributed by atoms with Crippen molar-refractivity contribution in [1.82, 2.24) is 14.7 Å². The van der Waals surface area contributed by atoms with Crippen LogP contribution >= 0.6 is 23.2 Å². The van der Waals surface area contributed by atoms with Gasteiger partial charge in [0.1, 0.15) is 0 Å². The minimum Gasteiger partial charge on any atom is -0.308 e. The van der Waals surface area contributed by atoms with Crippen molar-refractivity contribution in [3.63, 3.8) is 0 Å². The molecule has 2 rings (SSSR count). The second-order valence-electron chi connectivity index (χ2n) is 5.31. The third-order valence-electron chi connectivity index (χ3n) is 3.63. The number of nitrogens with zero attached hydrogens (tertiary/aromatic N) is 3.